The molecule has 2 rings (SSSR count). The number of carbonyl (C=O) groups is 1. The van der Waals surface area contributed by atoms with E-state index in [1.54, 1.807) is 6.20 Å². The van der Waals surface area contributed by atoms with E-state index < -0.39 is 5.97 Å². The van der Waals surface area contributed by atoms with Gasteiger partial charge in [-0.05, 0) is 13.0 Å². The number of piperazine rings is 1. The second-order valence-electron chi connectivity index (χ2n) is 4.54. The van der Waals surface area contributed by atoms with Crippen LogP contribution in [-0.4, -0.2) is 63.6 Å². The van der Waals surface area contributed by atoms with Gasteiger partial charge in [0.2, 0.25) is 0 Å². The SMILES string of the molecule is Cc1nccc(CN2CCN(CC(=O)O)CC2)n1. The minimum atomic E-state index is -0.755. The van der Waals surface area contributed by atoms with Crippen molar-refractivity contribution in [2.75, 3.05) is 32.7 Å². The molecule has 1 aliphatic heterocycles. The zero-order valence-electron chi connectivity index (χ0n) is 10.5. The Morgan fingerprint density at radius 1 is 1.33 bits per heavy atom. The Bertz CT molecular complexity index is 416. The fourth-order valence-corrected chi connectivity index (χ4v) is 2.12. The Morgan fingerprint density at radius 3 is 2.61 bits per heavy atom. The van der Waals surface area contributed by atoms with Crippen molar-refractivity contribution in [2.24, 2.45) is 0 Å². The Hall–Kier alpha value is -1.53. The van der Waals surface area contributed by atoms with E-state index >= 15 is 0 Å². The van der Waals surface area contributed by atoms with Gasteiger partial charge in [0, 0.05) is 38.9 Å². The molecule has 0 bridgehead atoms. The molecule has 0 radical (unpaired) electrons. The summed E-state index contributed by atoms with van der Waals surface area (Å²) in [6.07, 6.45) is 1.78. The molecule has 0 spiro atoms. The molecule has 0 unspecified atom stereocenters. The molecule has 0 aromatic carbocycles. The number of aryl methyl sites for hydroxylation is 1. The molecule has 0 amide bonds. The van der Waals surface area contributed by atoms with Gasteiger partial charge in [-0.25, -0.2) is 9.97 Å². The summed E-state index contributed by atoms with van der Waals surface area (Å²) in [6.45, 7) is 6.21. The number of hydrogen-bond donors (Lipinski definition) is 1. The van der Waals surface area contributed by atoms with Crippen molar-refractivity contribution in [2.45, 2.75) is 13.5 Å². The van der Waals surface area contributed by atoms with E-state index in [2.05, 4.69) is 14.9 Å². The first-order valence-electron chi connectivity index (χ1n) is 6.08. The van der Waals surface area contributed by atoms with Gasteiger partial charge < -0.3 is 5.11 Å². The maximum atomic E-state index is 10.6. The Morgan fingerprint density at radius 2 is 2.00 bits per heavy atom. The fourth-order valence-electron chi connectivity index (χ4n) is 2.12. The summed E-state index contributed by atoms with van der Waals surface area (Å²) in [6, 6.07) is 1.93. The molecule has 0 saturated carbocycles. The summed E-state index contributed by atoms with van der Waals surface area (Å²) in [5, 5.41) is 8.73. The van der Waals surface area contributed by atoms with Gasteiger partial charge in [-0.1, -0.05) is 0 Å². The van der Waals surface area contributed by atoms with Crippen molar-refractivity contribution in [1.29, 1.82) is 0 Å². The van der Waals surface area contributed by atoms with Crippen LogP contribution in [0.5, 0.6) is 0 Å². The molecule has 1 N–H and O–H groups in total. The van der Waals surface area contributed by atoms with Crippen LogP contribution in [0.15, 0.2) is 12.3 Å². The topological polar surface area (TPSA) is 69.6 Å². The van der Waals surface area contributed by atoms with Gasteiger partial charge >= 0.3 is 5.97 Å². The molecule has 2 heterocycles. The Balaban J connectivity index is 1.81. The van der Waals surface area contributed by atoms with Crippen molar-refractivity contribution in [3.8, 4) is 0 Å². The van der Waals surface area contributed by atoms with Gasteiger partial charge in [-0.15, -0.1) is 0 Å². The molecule has 18 heavy (non-hydrogen) atoms. The van der Waals surface area contributed by atoms with Gasteiger partial charge in [0.1, 0.15) is 5.82 Å². The van der Waals surface area contributed by atoms with Gasteiger partial charge in [0.25, 0.3) is 0 Å². The van der Waals surface area contributed by atoms with Crippen molar-refractivity contribution in [1.82, 2.24) is 19.8 Å². The van der Waals surface area contributed by atoms with E-state index in [-0.39, 0.29) is 6.54 Å². The van der Waals surface area contributed by atoms with Gasteiger partial charge in [-0.3, -0.25) is 14.6 Å². The molecule has 0 aliphatic carbocycles. The lowest BCUT2D eigenvalue weighted by Gasteiger charge is -2.33. The highest BCUT2D eigenvalue weighted by Crippen LogP contribution is 2.06. The number of carboxylic acids is 1. The number of aliphatic carboxylic acids is 1. The van der Waals surface area contributed by atoms with Crippen LogP contribution in [0.25, 0.3) is 0 Å². The third kappa shape index (κ3) is 3.75. The third-order valence-electron chi connectivity index (χ3n) is 3.04. The van der Waals surface area contributed by atoms with Crippen LogP contribution in [-0.2, 0) is 11.3 Å². The van der Waals surface area contributed by atoms with Gasteiger partial charge in [0.05, 0.1) is 12.2 Å². The molecule has 1 aliphatic rings. The fraction of sp³-hybridized carbons (Fsp3) is 0.583. The zero-order valence-corrected chi connectivity index (χ0v) is 10.5. The highest BCUT2D eigenvalue weighted by Gasteiger charge is 2.18. The number of nitrogens with zero attached hydrogens (tertiary/aromatic N) is 4. The Kier molecular flexibility index (Phi) is 4.22. The molecule has 6 nitrogen and oxygen atoms in total. The van der Waals surface area contributed by atoms with E-state index in [1.165, 1.54) is 0 Å². The van der Waals surface area contributed by atoms with Crippen molar-refractivity contribution in [3.63, 3.8) is 0 Å². The van der Waals surface area contributed by atoms with Crippen molar-refractivity contribution < 1.29 is 9.90 Å². The lowest BCUT2D eigenvalue weighted by molar-refractivity contribution is -0.138. The first-order valence-corrected chi connectivity index (χ1v) is 6.08. The van der Waals surface area contributed by atoms with Crippen LogP contribution < -0.4 is 0 Å². The predicted octanol–water partition coefficient (Wildman–Crippen LogP) is -0.0128. The minimum Gasteiger partial charge on any atom is -0.480 e. The number of carboxylic acid groups (broad SMARTS) is 1. The smallest absolute Gasteiger partial charge is 0.317 e. The zero-order chi connectivity index (χ0) is 13.0. The van der Waals surface area contributed by atoms with Crippen LogP contribution >= 0.6 is 0 Å². The van der Waals surface area contributed by atoms with Gasteiger partial charge in [0.15, 0.2) is 0 Å². The van der Waals surface area contributed by atoms with Gasteiger partial charge in [-0.2, -0.15) is 0 Å². The number of hydrogen-bond acceptors (Lipinski definition) is 5. The first-order chi connectivity index (χ1) is 8.63. The Labute approximate surface area is 106 Å². The largest absolute Gasteiger partial charge is 0.480 e. The maximum absolute atomic E-state index is 10.6. The summed E-state index contributed by atoms with van der Waals surface area (Å²) in [5.74, 6) is 0.0342. The average molecular weight is 250 g/mol. The first kappa shape index (κ1) is 12.9. The molecular formula is C12H18N4O2. The normalized spacial score (nSPS) is 17.8. The summed E-state index contributed by atoms with van der Waals surface area (Å²) >= 11 is 0. The molecule has 1 saturated heterocycles. The monoisotopic (exact) mass is 250 g/mol. The molecule has 1 aromatic heterocycles. The molecule has 98 valence electrons. The average Bonchev–Trinajstić information content (AvgIpc) is 2.31. The second kappa shape index (κ2) is 5.88. The molecule has 0 atom stereocenters. The van der Waals surface area contributed by atoms with E-state index in [4.69, 9.17) is 5.11 Å². The molecular weight excluding hydrogens is 232 g/mol. The number of rotatable bonds is 4. The van der Waals surface area contributed by atoms with E-state index in [0.29, 0.717) is 0 Å². The molecule has 1 fully saturated rings. The predicted molar refractivity (Wildman–Crippen MR) is 66.1 cm³/mol. The van der Waals surface area contributed by atoms with Crippen molar-refractivity contribution in [3.05, 3.63) is 23.8 Å². The lowest BCUT2D eigenvalue weighted by atomic mass is 10.3. The van der Waals surface area contributed by atoms with E-state index in [1.807, 2.05) is 17.9 Å². The van der Waals surface area contributed by atoms with Crippen LogP contribution in [0.1, 0.15) is 11.5 Å². The summed E-state index contributed by atoms with van der Waals surface area (Å²) in [5.41, 5.74) is 1.02. The standard InChI is InChI=1S/C12H18N4O2/c1-10-13-3-2-11(14-10)8-15-4-6-16(7-5-15)9-12(17)18/h2-3H,4-9H2,1H3,(H,17,18). The van der Waals surface area contributed by atoms with E-state index in [9.17, 15) is 4.79 Å². The van der Waals surface area contributed by atoms with Crippen LogP contribution in [0, 0.1) is 6.92 Å². The lowest BCUT2D eigenvalue weighted by Crippen LogP contribution is -2.47. The highest BCUT2D eigenvalue weighted by atomic mass is 16.4. The van der Waals surface area contributed by atoms with Crippen LogP contribution in [0.2, 0.25) is 0 Å². The summed E-state index contributed by atoms with van der Waals surface area (Å²) in [7, 11) is 0. The van der Waals surface area contributed by atoms with Crippen LogP contribution in [0.3, 0.4) is 0 Å². The highest BCUT2D eigenvalue weighted by molar-refractivity contribution is 5.69. The molecule has 1 aromatic rings. The second-order valence-corrected chi connectivity index (χ2v) is 4.54. The van der Waals surface area contributed by atoms with Crippen molar-refractivity contribution >= 4 is 5.97 Å². The third-order valence-corrected chi connectivity index (χ3v) is 3.04. The van der Waals surface area contributed by atoms with E-state index in [0.717, 1.165) is 44.2 Å². The molecule has 6 heteroatoms. The summed E-state index contributed by atoms with van der Waals surface area (Å²) < 4.78 is 0. The van der Waals surface area contributed by atoms with Crippen LogP contribution in [0.4, 0.5) is 0 Å². The number of aromatic nitrogens is 2. The minimum absolute atomic E-state index is 0.139. The summed E-state index contributed by atoms with van der Waals surface area (Å²) in [4.78, 5) is 23.3. The quantitative estimate of drug-likeness (QED) is 0.810. The maximum Gasteiger partial charge on any atom is 0.317 e.